The van der Waals surface area contributed by atoms with E-state index in [2.05, 4.69) is 0 Å². The zero-order chi connectivity index (χ0) is 18.5. The maximum atomic E-state index is 13.5. The van der Waals surface area contributed by atoms with Crippen molar-refractivity contribution in [2.75, 3.05) is 13.1 Å². The predicted molar refractivity (Wildman–Crippen MR) is 96.9 cm³/mol. The molecule has 0 aliphatic carbocycles. The second-order valence-corrected chi connectivity index (χ2v) is 7.09. The molecule has 1 atom stereocenters. The average Bonchev–Trinajstić information content (AvgIpc) is 2.84. The highest BCUT2D eigenvalue weighted by atomic mass is 35.5. The van der Waals surface area contributed by atoms with Gasteiger partial charge >= 0.3 is 6.03 Å². The number of hydrogen-bond donors (Lipinski definition) is 0. The molecule has 26 heavy (non-hydrogen) atoms. The van der Waals surface area contributed by atoms with Gasteiger partial charge in [-0.3, -0.25) is 14.5 Å². The summed E-state index contributed by atoms with van der Waals surface area (Å²) in [6, 6.07) is 14.2. The van der Waals surface area contributed by atoms with E-state index in [1.807, 2.05) is 24.3 Å². The van der Waals surface area contributed by atoms with Gasteiger partial charge in [0.1, 0.15) is 5.78 Å². The molecule has 1 unspecified atom stereocenters. The molecule has 1 saturated heterocycles. The monoisotopic (exact) mass is 368 g/mol. The summed E-state index contributed by atoms with van der Waals surface area (Å²) in [7, 11) is 0. The van der Waals surface area contributed by atoms with Gasteiger partial charge in [-0.05, 0) is 42.2 Å². The molecule has 0 radical (unpaired) electrons. The van der Waals surface area contributed by atoms with E-state index in [0.29, 0.717) is 23.6 Å². The number of nitrogens with zero attached hydrogens (tertiary/aromatic N) is 2. The third-order valence-electron chi connectivity index (χ3n) is 5.08. The molecule has 6 heteroatoms. The molecule has 0 bridgehead atoms. The number of benzene rings is 2. The summed E-state index contributed by atoms with van der Waals surface area (Å²) in [6.07, 6.45) is 0.665. The van der Waals surface area contributed by atoms with E-state index >= 15 is 0 Å². The van der Waals surface area contributed by atoms with Crippen LogP contribution in [0.15, 0.2) is 48.5 Å². The third-order valence-corrected chi connectivity index (χ3v) is 5.33. The maximum Gasteiger partial charge on any atom is 0.328 e. The Bertz CT molecular complexity index is 925. The minimum absolute atomic E-state index is 0.217. The van der Waals surface area contributed by atoms with Gasteiger partial charge in [0.25, 0.3) is 5.91 Å². The van der Waals surface area contributed by atoms with Crippen molar-refractivity contribution in [3.8, 4) is 0 Å². The number of rotatable bonds is 3. The van der Waals surface area contributed by atoms with Crippen molar-refractivity contribution in [1.82, 2.24) is 9.80 Å². The Labute approximate surface area is 156 Å². The van der Waals surface area contributed by atoms with E-state index in [4.69, 9.17) is 11.6 Å². The number of halogens is 1. The van der Waals surface area contributed by atoms with Crippen molar-refractivity contribution >= 4 is 29.3 Å². The Morgan fingerprint density at radius 1 is 1.12 bits per heavy atom. The quantitative estimate of drug-likeness (QED) is 0.782. The molecule has 3 amide bonds. The second kappa shape index (κ2) is 5.95. The molecule has 0 saturated carbocycles. The topological polar surface area (TPSA) is 57.7 Å². The molecule has 0 aromatic heterocycles. The number of imide groups is 1. The van der Waals surface area contributed by atoms with Gasteiger partial charge in [0, 0.05) is 11.6 Å². The Kier molecular flexibility index (Phi) is 3.84. The predicted octanol–water partition coefficient (Wildman–Crippen LogP) is 2.99. The first kappa shape index (κ1) is 16.8. The molecule has 0 N–H and O–H groups in total. The van der Waals surface area contributed by atoms with Crippen LogP contribution < -0.4 is 0 Å². The highest BCUT2D eigenvalue weighted by Gasteiger charge is 2.61. The summed E-state index contributed by atoms with van der Waals surface area (Å²) in [6.45, 7) is 1.57. The van der Waals surface area contributed by atoms with Gasteiger partial charge in [-0.25, -0.2) is 4.79 Å². The third kappa shape index (κ3) is 2.20. The first-order valence-corrected chi connectivity index (χ1v) is 8.81. The lowest BCUT2D eigenvalue weighted by atomic mass is 9.76. The molecular weight excluding hydrogens is 352 g/mol. The van der Waals surface area contributed by atoms with E-state index in [0.717, 1.165) is 16.0 Å². The fourth-order valence-electron chi connectivity index (χ4n) is 4.02. The van der Waals surface area contributed by atoms with Gasteiger partial charge in [0.15, 0.2) is 5.54 Å². The van der Waals surface area contributed by atoms with Crippen LogP contribution in [0.25, 0.3) is 0 Å². The number of hydrogen-bond acceptors (Lipinski definition) is 3. The summed E-state index contributed by atoms with van der Waals surface area (Å²) in [5, 5.41) is 0.554. The molecule has 0 spiro atoms. The van der Waals surface area contributed by atoms with Crippen LogP contribution in [0.3, 0.4) is 0 Å². The van der Waals surface area contributed by atoms with Crippen molar-refractivity contribution in [3.05, 3.63) is 70.2 Å². The highest BCUT2D eigenvalue weighted by Crippen LogP contribution is 2.47. The summed E-state index contributed by atoms with van der Waals surface area (Å²) in [5.74, 6) is -0.613. The minimum Gasteiger partial charge on any atom is -0.301 e. The normalized spacial score (nSPS) is 21.6. The van der Waals surface area contributed by atoms with Crippen LogP contribution in [0.1, 0.15) is 23.6 Å². The number of urea groups is 1. The van der Waals surface area contributed by atoms with E-state index in [9.17, 15) is 14.4 Å². The molecule has 132 valence electrons. The van der Waals surface area contributed by atoms with Crippen LogP contribution in [0.5, 0.6) is 0 Å². The van der Waals surface area contributed by atoms with Crippen molar-refractivity contribution in [3.63, 3.8) is 0 Å². The zero-order valence-electron chi connectivity index (χ0n) is 14.2. The summed E-state index contributed by atoms with van der Waals surface area (Å²) < 4.78 is 0. The Morgan fingerprint density at radius 2 is 1.81 bits per heavy atom. The maximum absolute atomic E-state index is 13.5. The first-order valence-electron chi connectivity index (χ1n) is 8.43. The van der Waals surface area contributed by atoms with Crippen molar-refractivity contribution < 1.29 is 14.4 Å². The lowest BCUT2D eigenvalue weighted by Crippen LogP contribution is -2.51. The molecule has 2 aromatic rings. The van der Waals surface area contributed by atoms with Crippen molar-refractivity contribution in [2.45, 2.75) is 18.9 Å². The summed E-state index contributed by atoms with van der Waals surface area (Å²) in [5.41, 5.74) is 1.26. The number of ketones is 1. The van der Waals surface area contributed by atoms with Crippen LogP contribution in [0, 0.1) is 0 Å². The molecule has 4 rings (SSSR count). The van der Waals surface area contributed by atoms with Gasteiger partial charge in [-0.1, -0.05) is 48.0 Å². The van der Waals surface area contributed by atoms with Crippen LogP contribution in [-0.2, 0) is 21.5 Å². The van der Waals surface area contributed by atoms with Gasteiger partial charge in [0.05, 0.1) is 6.54 Å². The zero-order valence-corrected chi connectivity index (χ0v) is 15.0. The van der Waals surface area contributed by atoms with Crippen LogP contribution in [0.4, 0.5) is 4.79 Å². The molecule has 2 aliphatic heterocycles. The van der Waals surface area contributed by atoms with Crippen molar-refractivity contribution in [1.29, 1.82) is 0 Å². The fraction of sp³-hybridized carbons (Fsp3) is 0.250. The van der Waals surface area contributed by atoms with Crippen LogP contribution >= 0.6 is 11.6 Å². The average molecular weight is 369 g/mol. The number of carbonyl (C=O) groups excluding carboxylic acids is 3. The first-order chi connectivity index (χ1) is 12.5. The van der Waals surface area contributed by atoms with Crippen LogP contribution in [0.2, 0.25) is 5.02 Å². The SMILES string of the molecule is CC(=O)CN1C(=O)N2CCc3ccccc3C2(c2ccc(Cl)cc2)C1=O. The van der Waals surface area contributed by atoms with Gasteiger partial charge in [-0.15, -0.1) is 0 Å². The molecule has 2 aliphatic rings. The fourth-order valence-corrected chi connectivity index (χ4v) is 4.15. The number of fused-ring (bicyclic) bond motifs is 3. The Hall–Kier alpha value is -2.66. The largest absolute Gasteiger partial charge is 0.328 e. The van der Waals surface area contributed by atoms with E-state index in [1.165, 1.54) is 6.92 Å². The molecule has 5 nitrogen and oxygen atoms in total. The lowest BCUT2D eigenvalue weighted by Gasteiger charge is -2.41. The van der Waals surface area contributed by atoms with Crippen molar-refractivity contribution in [2.24, 2.45) is 0 Å². The number of Topliss-reactive ketones (excluding diaryl/α,β-unsaturated/α-hetero) is 1. The number of carbonyl (C=O) groups is 3. The molecular formula is C20H17ClN2O3. The standard InChI is InChI=1S/C20H17ClN2O3/c1-13(24)12-22-18(25)20(15-6-8-16(21)9-7-15)17-5-3-2-4-14(17)10-11-23(20)19(22)26/h2-9H,10-12H2,1H3. The summed E-state index contributed by atoms with van der Waals surface area (Å²) >= 11 is 6.03. The molecule has 2 aromatic carbocycles. The Balaban J connectivity index is 1.99. The van der Waals surface area contributed by atoms with Crippen LogP contribution in [-0.4, -0.2) is 40.6 Å². The van der Waals surface area contributed by atoms with Gasteiger partial charge in [-0.2, -0.15) is 0 Å². The Morgan fingerprint density at radius 3 is 2.50 bits per heavy atom. The minimum atomic E-state index is -1.24. The van der Waals surface area contributed by atoms with Gasteiger partial charge < -0.3 is 4.90 Å². The second-order valence-electron chi connectivity index (χ2n) is 6.65. The molecule has 2 heterocycles. The smallest absolute Gasteiger partial charge is 0.301 e. The van der Waals surface area contributed by atoms with Gasteiger partial charge in [0.2, 0.25) is 0 Å². The van der Waals surface area contributed by atoms with E-state index in [1.54, 1.807) is 29.2 Å². The van der Waals surface area contributed by atoms with E-state index < -0.39 is 11.6 Å². The number of amides is 3. The molecule has 1 fully saturated rings. The van der Waals surface area contributed by atoms with E-state index in [-0.39, 0.29) is 18.2 Å². The summed E-state index contributed by atoms with van der Waals surface area (Å²) in [4.78, 5) is 40.8. The highest BCUT2D eigenvalue weighted by molar-refractivity contribution is 6.30. The lowest BCUT2D eigenvalue weighted by molar-refractivity contribution is -0.134.